The first-order valence-electron chi connectivity index (χ1n) is 5.53. The van der Waals surface area contributed by atoms with Crippen LogP contribution >= 0.6 is 15.9 Å². The van der Waals surface area contributed by atoms with E-state index >= 15 is 0 Å². The molecule has 2 rings (SSSR count). The lowest BCUT2D eigenvalue weighted by Gasteiger charge is -2.15. The van der Waals surface area contributed by atoms with E-state index in [-0.39, 0.29) is 18.6 Å². The van der Waals surface area contributed by atoms with E-state index in [9.17, 15) is 14.0 Å². The Morgan fingerprint density at radius 1 is 1.68 bits per heavy atom. The van der Waals surface area contributed by atoms with E-state index < -0.39 is 29.8 Å². The molecule has 0 aromatic carbocycles. The minimum absolute atomic E-state index is 0.146. The van der Waals surface area contributed by atoms with Crippen LogP contribution in [-0.4, -0.2) is 33.5 Å². The van der Waals surface area contributed by atoms with Crippen LogP contribution in [-0.2, 0) is 4.74 Å². The van der Waals surface area contributed by atoms with Gasteiger partial charge in [0.2, 0.25) is 0 Å². The summed E-state index contributed by atoms with van der Waals surface area (Å²) < 4.78 is 20.1. The number of hydrogen-bond donors (Lipinski definition) is 2. The Hall–Kier alpha value is -1.25. The van der Waals surface area contributed by atoms with Crippen LogP contribution in [0.5, 0.6) is 0 Å². The molecular weight excluding hydrogens is 323 g/mol. The van der Waals surface area contributed by atoms with Crippen LogP contribution in [0.25, 0.3) is 6.08 Å². The van der Waals surface area contributed by atoms with Crippen molar-refractivity contribution in [1.29, 1.82) is 0 Å². The van der Waals surface area contributed by atoms with E-state index in [4.69, 9.17) is 9.84 Å². The number of rotatable bonds is 3. The van der Waals surface area contributed by atoms with Crippen molar-refractivity contribution < 1.29 is 14.2 Å². The molecule has 0 radical (unpaired) electrons. The normalized spacial score (nSPS) is 27.2. The van der Waals surface area contributed by atoms with Gasteiger partial charge in [0.15, 0.2) is 5.67 Å². The number of halogens is 2. The maximum absolute atomic E-state index is 13.9. The Morgan fingerprint density at radius 2 is 2.42 bits per heavy atom. The van der Waals surface area contributed by atoms with Crippen molar-refractivity contribution in [3.8, 4) is 0 Å². The number of aliphatic hydroxyl groups excluding tert-OH is 1. The first-order valence-corrected chi connectivity index (χ1v) is 6.44. The predicted octanol–water partition coefficient (Wildman–Crippen LogP) is 0.522. The van der Waals surface area contributed by atoms with Crippen molar-refractivity contribution >= 4 is 22.0 Å². The van der Waals surface area contributed by atoms with Crippen LogP contribution in [0.1, 0.15) is 18.2 Å². The molecule has 2 atom stereocenters. The third-order valence-electron chi connectivity index (χ3n) is 2.91. The van der Waals surface area contributed by atoms with E-state index in [0.29, 0.717) is 0 Å². The third-order valence-corrected chi connectivity index (χ3v) is 3.17. The van der Waals surface area contributed by atoms with Gasteiger partial charge in [-0.1, -0.05) is 15.9 Å². The van der Waals surface area contributed by atoms with Crippen LogP contribution in [0.4, 0.5) is 4.39 Å². The summed E-state index contributed by atoms with van der Waals surface area (Å²) in [5, 5.41) is 8.92. The number of aliphatic hydroxyl groups is 1. The molecule has 0 amide bonds. The topological polar surface area (TPSA) is 84.3 Å². The molecule has 1 aromatic heterocycles. The second-order valence-electron chi connectivity index (χ2n) is 4.32. The van der Waals surface area contributed by atoms with Gasteiger partial charge in [-0.05, 0) is 11.1 Å². The molecule has 0 aliphatic carbocycles. The summed E-state index contributed by atoms with van der Waals surface area (Å²) in [6, 6.07) is 0. The van der Waals surface area contributed by atoms with Gasteiger partial charge in [-0.2, -0.15) is 0 Å². The van der Waals surface area contributed by atoms with E-state index in [1.807, 2.05) is 0 Å². The second-order valence-corrected chi connectivity index (χ2v) is 4.85. The van der Waals surface area contributed by atoms with Gasteiger partial charge in [0.25, 0.3) is 5.56 Å². The summed E-state index contributed by atoms with van der Waals surface area (Å²) >= 11 is 3.03. The number of nitrogens with one attached hydrogen (secondary N) is 1. The predicted molar refractivity (Wildman–Crippen MR) is 69.8 cm³/mol. The third kappa shape index (κ3) is 2.85. The number of nitrogens with zero attached hydrogens (tertiary/aromatic N) is 1. The molecule has 19 heavy (non-hydrogen) atoms. The lowest BCUT2D eigenvalue weighted by Crippen LogP contribution is -2.34. The summed E-state index contributed by atoms with van der Waals surface area (Å²) in [6.45, 7) is -0.959. The maximum atomic E-state index is 13.9. The fraction of sp³-hybridized carbons (Fsp3) is 0.455. The fourth-order valence-corrected chi connectivity index (χ4v) is 2.15. The van der Waals surface area contributed by atoms with Gasteiger partial charge in [0.1, 0.15) is 6.23 Å². The van der Waals surface area contributed by atoms with Crippen LogP contribution in [0.2, 0.25) is 0 Å². The molecule has 0 spiro atoms. The molecule has 104 valence electrons. The molecule has 8 heteroatoms. The quantitative estimate of drug-likeness (QED) is 0.844. The Balaban J connectivity index is 2.39. The average Bonchev–Trinajstić information content (AvgIpc) is 2.76. The molecule has 1 saturated heterocycles. The molecular formula is C11H12BrFN2O4. The molecule has 0 bridgehead atoms. The van der Waals surface area contributed by atoms with Crippen LogP contribution in [0, 0.1) is 0 Å². The number of H-pyrrole nitrogens is 1. The molecule has 0 saturated carbocycles. The van der Waals surface area contributed by atoms with Gasteiger partial charge in [0, 0.05) is 12.6 Å². The van der Waals surface area contributed by atoms with Gasteiger partial charge < -0.3 is 9.84 Å². The standard InChI is InChI=1S/C11H12BrFN2O4/c12-2-1-7-4-15(10(18)14-9(7)17)8-3-11(13,5-16)6-19-8/h1-2,4,8,16H,3,5-6H2,(H,14,17,18)/b2-1+/t8-,11-/m0/s1. The zero-order chi connectivity index (χ0) is 14.0. The summed E-state index contributed by atoms with van der Waals surface area (Å²) in [4.78, 5) is 26.8. The smallest absolute Gasteiger partial charge is 0.330 e. The molecule has 1 fully saturated rings. The fourth-order valence-electron chi connectivity index (χ4n) is 1.87. The first kappa shape index (κ1) is 14.2. The van der Waals surface area contributed by atoms with Crippen molar-refractivity contribution in [1.82, 2.24) is 9.55 Å². The average molecular weight is 335 g/mol. The Labute approximate surface area is 115 Å². The lowest BCUT2D eigenvalue weighted by molar-refractivity contribution is 0.0272. The van der Waals surface area contributed by atoms with Crippen molar-refractivity contribution in [3.63, 3.8) is 0 Å². The number of aromatic nitrogens is 2. The molecule has 1 aliphatic rings. The Bertz CT molecular complexity index is 611. The summed E-state index contributed by atoms with van der Waals surface area (Å²) in [6.07, 6.45) is 1.77. The first-order chi connectivity index (χ1) is 8.99. The van der Waals surface area contributed by atoms with Gasteiger partial charge in [0.05, 0.1) is 18.8 Å². The van der Waals surface area contributed by atoms with E-state index in [1.165, 1.54) is 17.3 Å². The lowest BCUT2D eigenvalue weighted by atomic mass is 10.1. The van der Waals surface area contributed by atoms with Gasteiger partial charge in [-0.15, -0.1) is 0 Å². The summed E-state index contributed by atoms with van der Waals surface area (Å²) in [5.41, 5.74) is -2.83. The largest absolute Gasteiger partial charge is 0.393 e. The SMILES string of the molecule is O=c1[nH]c(=O)n([C@@H]2C[C@](F)(CO)CO2)cc1/C=C/Br. The minimum atomic E-state index is -1.86. The highest BCUT2D eigenvalue weighted by atomic mass is 79.9. The monoisotopic (exact) mass is 334 g/mol. The van der Waals surface area contributed by atoms with Crippen molar-refractivity contribution in [2.45, 2.75) is 18.3 Å². The van der Waals surface area contributed by atoms with E-state index in [1.54, 1.807) is 0 Å². The van der Waals surface area contributed by atoms with Gasteiger partial charge in [-0.3, -0.25) is 14.3 Å². The van der Waals surface area contributed by atoms with Crippen LogP contribution in [0.3, 0.4) is 0 Å². The Kier molecular flexibility index (Phi) is 4.02. The van der Waals surface area contributed by atoms with E-state index in [2.05, 4.69) is 20.9 Å². The summed E-state index contributed by atoms with van der Waals surface area (Å²) in [7, 11) is 0. The van der Waals surface area contributed by atoms with Gasteiger partial charge in [-0.25, -0.2) is 9.18 Å². The zero-order valence-corrected chi connectivity index (χ0v) is 11.4. The molecule has 6 nitrogen and oxygen atoms in total. The minimum Gasteiger partial charge on any atom is -0.393 e. The van der Waals surface area contributed by atoms with Crippen molar-refractivity contribution in [3.05, 3.63) is 37.6 Å². The number of alkyl halides is 1. The summed E-state index contributed by atoms with van der Waals surface area (Å²) in [5.74, 6) is 0. The highest BCUT2D eigenvalue weighted by Gasteiger charge is 2.41. The zero-order valence-electron chi connectivity index (χ0n) is 9.81. The highest BCUT2D eigenvalue weighted by Crippen LogP contribution is 2.33. The number of aromatic amines is 1. The Morgan fingerprint density at radius 3 is 3.00 bits per heavy atom. The number of ether oxygens (including phenoxy) is 1. The van der Waals surface area contributed by atoms with Gasteiger partial charge >= 0.3 is 5.69 Å². The van der Waals surface area contributed by atoms with Crippen molar-refractivity contribution in [2.24, 2.45) is 0 Å². The number of hydrogen-bond acceptors (Lipinski definition) is 4. The maximum Gasteiger partial charge on any atom is 0.330 e. The molecule has 2 heterocycles. The molecule has 1 aromatic rings. The van der Waals surface area contributed by atoms with Crippen molar-refractivity contribution in [2.75, 3.05) is 13.2 Å². The van der Waals surface area contributed by atoms with E-state index in [0.717, 1.165) is 4.57 Å². The molecule has 1 aliphatic heterocycles. The molecule has 0 unspecified atom stereocenters. The van der Waals surface area contributed by atoms with Crippen LogP contribution < -0.4 is 11.2 Å². The second kappa shape index (κ2) is 5.40. The molecule has 2 N–H and O–H groups in total. The van der Waals surface area contributed by atoms with Crippen LogP contribution in [0.15, 0.2) is 20.8 Å². The highest BCUT2D eigenvalue weighted by molar-refractivity contribution is 9.11.